The quantitative estimate of drug-likeness (QED) is 0.190. The number of hydrogen-bond donors (Lipinski definition) is 0. The Morgan fingerprint density at radius 3 is 1.23 bits per heavy atom. The molecule has 3 aromatic rings. The Morgan fingerprint density at radius 2 is 0.897 bits per heavy atom. The molecule has 0 radical (unpaired) electrons. The molecular formula is C30H38F4N2OP2. The molecule has 0 saturated carbocycles. The van der Waals surface area contributed by atoms with Crippen molar-refractivity contribution in [2.45, 2.75) is 79.6 Å². The van der Waals surface area contributed by atoms with Crippen LogP contribution in [0.25, 0.3) is 0 Å². The first-order valence-corrected chi connectivity index (χ1v) is 16.2. The van der Waals surface area contributed by atoms with Crippen molar-refractivity contribution in [3.8, 4) is 0 Å². The summed E-state index contributed by atoms with van der Waals surface area (Å²) in [5.41, 5.74) is 0. The normalized spacial score (nSPS) is 12.8. The van der Waals surface area contributed by atoms with Gasteiger partial charge in [0.2, 0.25) is 7.44 Å². The fourth-order valence-corrected chi connectivity index (χ4v) is 12.5. The van der Waals surface area contributed by atoms with Gasteiger partial charge in [0.1, 0.15) is 23.3 Å². The first-order chi connectivity index (χ1) is 18.2. The second kappa shape index (κ2) is 12.6. The van der Waals surface area contributed by atoms with Gasteiger partial charge in [-0.2, -0.15) is 0 Å². The maximum absolute atomic E-state index is 15.8. The van der Waals surface area contributed by atoms with Gasteiger partial charge in [-0.15, -0.1) is 0 Å². The van der Waals surface area contributed by atoms with Crippen LogP contribution in [0.4, 0.5) is 17.6 Å². The molecule has 0 saturated heterocycles. The Balaban J connectivity index is 2.56. The molecule has 3 aromatic carbocycles. The fraction of sp³-hybridized carbons (Fsp3) is 0.400. The van der Waals surface area contributed by atoms with Gasteiger partial charge < -0.3 is 0 Å². The SMILES string of the molecule is CC(C)N(C(C)C)P(=O)(c1ccccc1P(c1c(F)cccc1F)c1c(F)cccc1F)N(C(C)C)C(C)C. The third kappa shape index (κ3) is 6.03. The Labute approximate surface area is 231 Å². The number of halogens is 4. The summed E-state index contributed by atoms with van der Waals surface area (Å²) < 4.78 is 81.4. The first kappa shape index (κ1) is 31.5. The largest absolute Gasteiger partial charge is 0.283 e. The van der Waals surface area contributed by atoms with E-state index in [0.29, 0.717) is 5.30 Å². The van der Waals surface area contributed by atoms with E-state index in [0.717, 1.165) is 24.3 Å². The topological polar surface area (TPSA) is 23.6 Å². The Bertz CT molecular complexity index is 1210. The molecule has 0 aliphatic carbocycles. The lowest BCUT2D eigenvalue weighted by molar-refractivity contribution is 0.231. The molecule has 0 aliphatic heterocycles. The molecule has 0 N–H and O–H groups in total. The third-order valence-electron chi connectivity index (χ3n) is 6.50. The summed E-state index contributed by atoms with van der Waals surface area (Å²) in [6.07, 6.45) is 0. The molecule has 0 amide bonds. The summed E-state index contributed by atoms with van der Waals surface area (Å²) in [4.78, 5) is 0. The second-order valence-electron chi connectivity index (χ2n) is 10.6. The molecule has 39 heavy (non-hydrogen) atoms. The van der Waals surface area contributed by atoms with E-state index in [1.54, 1.807) is 24.3 Å². The summed E-state index contributed by atoms with van der Waals surface area (Å²) in [5.74, 6) is -3.66. The van der Waals surface area contributed by atoms with Crippen LogP contribution < -0.4 is 21.2 Å². The van der Waals surface area contributed by atoms with Crippen molar-refractivity contribution in [3.05, 3.63) is 83.9 Å². The van der Waals surface area contributed by atoms with Crippen molar-refractivity contribution >= 4 is 36.6 Å². The van der Waals surface area contributed by atoms with Crippen molar-refractivity contribution in [1.29, 1.82) is 0 Å². The van der Waals surface area contributed by atoms with Gasteiger partial charge in [0.15, 0.2) is 0 Å². The molecule has 0 atom stereocenters. The summed E-state index contributed by atoms with van der Waals surface area (Å²) in [5, 5.41) is -0.291. The van der Waals surface area contributed by atoms with E-state index in [1.807, 2.05) is 64.7 Å². The van der Waals surface area contributed by atoms with Crippen molar-refractivity contribution in [1.82, 2.24) is 9.34 Å². The van der Waals surface area contributed by atoms with Gasteiger partial charge in [-0.25, -0.2) is 26.9 Å². The number of benzene rings is 3. The van der Waals surface area contributed by atoms with E-state index in [9.17, 15) is 0 Å². The van der Waals surface area contributed by atoms with Crippen LogP contribution >= 0.6 is 15.4 Å². The molecule has 9 heteroatoms. The smallest absolute Gasteiger partial charge is 0.247 e. The molecule has 0 heterocycles. The van der Waals surface area contributed by atoms with Gasteiger partial charge in [0, 0.05) is 37.4 Å². The predicted molar refractivity (Wildman–Crippen MR) is 156 cm³/mol. The summed E-state index contributed by atoms with van der Waals surface area (Å²) in [7, 11) is -6.18. The number of hydrogen-bond acceptors (Lipinski definition) is 1. The van der Waals surface area contributed by atoms with Crippen LogP contribution in [0, 0.1) is 23.3 Å². The minimum Gasteiger partial charge on any atom is -0.283 e. The molecule has 3 rings (SSSR count). The average Bonchev–Trinajstić information content (AvgIpc) is 2.81. The minimum atomic E-state index is -3.72. The maximum atomic E-state index is 15.8. The standard InChI is InChI=1S/C30H38F4N2OP2/c1-19(2)35(20(3)4)39(37,36(21(5)6)22(7)8)28-18-10-9-17-27(28)38(29-23(31)13-11-14-24(29)32)30-25(33)15-12-16-26(30)34/h9-22H,1-8H3. The highest BCUT2D eigenvalue weighted by atomic mass is 31.2. The summed E-state index contributed by atoms with van der Waals surface area (Å²) in [6.45, 7) is 15.6. The van der Waals surface area contributed by atoms with Crippen LogP contribution in [0.3, 0.4) is 0 Å². The Morgan fingerprint density at radius 1 is 0.564 bits per heavy atom. The van der Waals surface area contributed by atoms with E-state index in [1.165, 1.54) is 12.1 Å². The molecule has 212 valence electrons. The molecule has 0 bridgehead atoms. The van der Waals surface area contributed by atoms with E-state index in [-0.39, 0.29) is 29.5 Å². The molecule has 0 aliphatic rings. The molecule has 0 spiro atoms. The van der Waals surface area contributed by atoms with Gasteiger partial charge in [-0.05, 0) is 91.0 Å². The Hall–Kier alpha value is -2.04. The number of nitrogens with zero attached hydrogens (tertiary/aromatic N) is 2. The zero-order valence-corrected chi connectivity index (χ0v) is 25.6. The highest BCUT2D eigenvalue weighted by molar-refractivity contribution is 7.82. The molecule has 3 nitrogen and oxygen atoms in total. The second-order valence-corrected chi connectivity index (χ2v) is 15.2. The molecule has 0 aromatic heterocycles. The van der Waals surface area contributed by atoms with E-state index in [2.05, 4.69) is 0 Å². The van der Waals surface area contributed by atoms with Crippen molar-refractivity contribution in [2.75, 3.05) is 0 Å². The molecule has 0 fully saturated rings. The van der Waals surface area contributed by atoms with Gasteiger partial charge in [0.25, 0.3) is 0 Å². The monoisotopic (exact) mass is 580 g/mol. The van der Waals surface area contributed by atoms with Crippen LogP contribution in [0.2, 0.25) is 0 Å². The first-order valence-electron chi connectivity index (χ1n) is 13.2. The lowest BCUT2D eigenvalue weighted by Crippen LogP contribution is -2.51. The summed E-state index contributed by atoms with van der Waals surface area (Å²) >= 11 is 0. The van der Waals surface area contributed by atoms with Gasteiger partial charge in [-0.3, -0.25) is 4.57 Å². The predicted octanol–water partition coefficient (Wildman–Crippen LogP) is 7.06. The molecular weight excluding hydrogens is 542 g/mol. The lowest BCUT2D eigenvalue weighted by atomic mass is 10.3. The van der Waals surface area contributed by atoms with E-state index in [4.69, 9.17) is 0 Å². The van der Waals surface area contributed by atoms with Gasteiger partial charge >= 0.3 is 0 Å². The summed E-state index contributed by atoms with van der Waals surface area (Å²) in [6, 6.07) is 12.7. The highest BCUT2D eigenvalue weighted by Gasteiger charge is 2.46. The van der Waals surface area contributed by atoms with Crippen LogP contribution in [0.5, 0.6) is 0 Å². The zero-order valence-electron chi connectivity index (χ0n) is 23.8. The molecule has 0 unspecified atom stereocenters. The maximum Gasteiger partial charge on any atom is 0.247 e. The van der Waals surface area contributed by atoms with Crippen LogP contribution in [-0.2, 0) is 4.57 Å². The fourth-order valence-electron chi connectivity index (χ4n) is 5.47. The van der Waals surface area contributed by atoms with Gasteiger partial charge in [-0.1, -0.05) is 30.3 Å². The average molecular weight is 581 g/mol. The van der Waals surface area contributed by atoms with Crippen molar-refractivity contribution < 1.29 is 22.1 Å². The van der Waals surface area contributed by atoms with Crippen molar-refractivity contribution in [2.24, 2.45) is 0 Å². The number of rotatable bonds is 10. The van der Waals surface area contributed by atoms with Gasteiger partial charge in [0.05, 0.1) is 10.6 Å². The van der Waals surface area contributed by atoms with Crippen LogP contribution in [-0.4, -0.2) is 33.5 Å². The highest BCUT2D eigenvalue weighted by Crippen LogP contribution is 2.57. The van der Waals surface area contributed by atoms with E-state index < -0.39 is 49.2 Å². The van der Waals surface area contributed by atoms with Crippen LogP contribution in [0.1, 0.15) is 55.4 Å². The van der Waals surface area contributed by atoms with E-state index >= 15 is 22.1 Å². The minimum absolute atomic E-state index is 0.175. The van der Waals surface area contributed by atoms with Crippen molar-refractivity contribution in [3.63, 3.8) is 0 Å². The third-order valence-corrected chi connectivity index (χ3v) is 13.4. The Kier molecular flexibility index (Phi) is 10.2. The van der Waals surface area contributed by atoms with Crippen LogP contribution in [0.15, 0.2) is 60.7 Å². The lowest BCUT2D eigenvalue weighted by Gasteiger charge is -2.48. The zero-order chi connectivity index (χ0) is 29.2.